The summed E-state index contributed by atoms with van der Waals surface area (Å²) in [4.78, 5) is 26.1. The maximum atomic E-state index is 13.2. The molecule has 2 N–H and O–H groups in total. The molecule has 1 aliphatic rings. The first kappa shape index (κ1) is 20.5. The molecule has 150 valence electrons. The van der Waals surface area contributed by atoms with E-state index in [0.29, 0.717) is 12.0 Å². The van der Waals surface area contributed by atoms with Crippen molar-refractivity contribution in [3.8, 4) is 6.07 Å². The number of carbonyl (C=O) groups is 2. The highest BCUT2D eigenvalue weighted by atomic mass is 19.1. The van der Waals surface area contributed by atoms with E-state index in [-0.39, 0.29) is 30.0 Å². The Morgan fingerprint density at radius 2 is 1.90 bits per heavy atom. The van der Waals surface area contributed by atoms with Crippen molar-refractivity contribution < 1.29 is 14.0 Å². The minimum absolute atomic E-state index is 0.270. The monoisotopic (exact) mass is 393 g/mol. The maximum absolute atomic E-state index is 13.2. The predicted octanol–water partition coefficient (Wildman–Crippen LogP) is 3.12. The third-order valence-corrected chi connectivity index (χ3v) is 5.79. The van der Waals surface area contributed by atoms with Crippen LogP contribution in [-0.2, 0) is 16.0 Å². The Morgan fingerprint density at radius 1 is 1.21 bits per heavy atom. The average Bonchev–Trinajstić information content (AvgIpc) is 2.71. The van der Waals surface area contributed by atoms with Gasteiger partial charge in [0.25, 0.3) is 0 Å². The highest BCUT2D eigenvalue weighted by molar-refractivity contribution is 6.00. The summed E-state index contributed by atoms with van der Waals surface area (Å²) in [6.07, 6.45) is 0.674. The van der Waals surface area contributed by atoms with Crippen LogP contribution in [0.4, 0.5) is 4.39 Å². The molecule has 6 heteroatoms. The third-order valence-electron chi connectivity index (χ3n) is 5.79. The van der Waals surface area contributed by atoms with Gasteiger partial charge in [0.2, 0.25) is 11.8 Å². The molecule has 2 aromatic carbocycles. The molecule has 1 saturated heterocycles. The van der Waals surface area contributed by atoms with Gasteiger partial charge in [-0.2, -0.15) is 5.26 Å². The zero-order chi connectivity index (χ0) is 21.2. The Kier molecular flexibility index (Phi) is 5.69. The van der Waals surface area contributed by atoms with Crippen molar-refractivity contribution in [3.05, 3.63) is 70.5 Å². The first-order valence-corrected chi connectivity index (χ1v) is 9.68. The van der Waals surface area contributed by atoms with Crippen LogP contribution in [0.25, 0.3) is 0 Å². The second kappa shape index (κ2) is 8.04. The molecule has 3 unspecified atom stereocenters. The van der Waals surface area contributed by atoms with Crippen molar-refractivity contribution in [1.82, 2.24) is 10.6 Å². The van der Waals surface area contributed by atoms with E-state index >= 15 is 0 Å². The van der Waals surface area contributed by atoms with Crippen LogP contribution in [0.5, 0.6) is 0 Å². The highest BCUT2D eigenvalue weighted by Crippen LogP contribution is 2.30. The summed E-state index contributed by atoms with van der Waals surface area (Å²) in [5, 5.41) is 15.3. The van der Waals surface area contributed by atoms with Gasteiger partial charge < -0.3 is 10.6 Å². The van der Waals surface area contributed by atoms with Gasteiger partial charge >= 0.3 is 0 Å². The zero-order valence-corrected chi connectivity index (χ0v) is 16.8. The molecule has 0 saturated carbocycles. The van der Waals surface area contributed by atoms with Crippen LogP contribution in [0, 0.1) is 24.1 Å². The molecule has 0 bridgehead atoms. The number of benzene rings is 2. The number of hydrogen-bond donors (Lipinski definition) is 2. The number of nitriles is 1. The lowest BCUT2D eigenvalue weighted by atomic mass is 9.80. The molecule has 3 atom stereocenters. The normalized spacial score (nSPS) is 22.4. The van der Waals surface area contributed by atoms with Crippen LogP contribution in [0.1, 0.15) is 48.4 Å². The van der Waals surface area contributed by atoms with Gasteiger partial charge in [0.1, 0.15) is 17.4 Å². The van der Waals surface area contributed by atoms with Gasteiger partial charge in [-0.15, -0.1) is 0 Å². The molecule has 1 heterocycles. The molecule has 5 nitrogen and oxygen atoms in total. The quantitative estimate of drug-likeness (QED) is 0.819. The van der Waals surface area contributed by atoms with Crippen molar-refractivity contribution >= 4 is 11.8 Å². The van der Waals surface area contributed by atoms with Crippen LogP contribution in [0.15, 0.2) is 42.5 Å². The topological polar surface area (TPSA) is 82.0 Å². The highest BCUT2D eigenvalue weighted by Gasteiger charge is 2.47. The van der Waals surface area contributed by atoms with Crippen LogP contribution >= 0.6 is 0 Å². The Morgan fingerprint density at radius 3 is 2.52 bits per heavy atom. The van der Waals surface area contributed by atoms with E-state index in [9.17, 15) is 19.2 Å². The fourth-order valence-corrected chi connectivity index (χ4v) is 4.07. The number of rotatable bonds is 5. The number of aryl methyl sites for hydroxylation is 1. The van der Waals surface area contributed by atoms with Gasteiger partial charge in [-0.05, 0) is 48.2 Å². The number of amides is 2. The molecule has 2 amide bonds. The summed E-state index contributed by atoms with van der Waals surface area (Å²) in [5.41, 5.74) is 1.84. The summed E-state index contributed by atoms with van der Waals surface area (Å²) < 4.78 is 13.2. The lowest BCUT2D eigenvalue weighted by Gasteiger charge is -2.41. The molecule has 3 rings (SSSR count). The second-order valence-electron chi connectivity index (χ2n) is 7.62. The number of piperazine rings is 1. The number of hydrogen-bond acceptors (Lipinski definition) is 3. The minimum Gasteiger partial charge on any atom is -0.342 e. The van der Waals surface area contributed by atoms with Crippen LogP contribution < -0.4 is 10.6 Å². The molecule has 2 aromatic rings. The van der Waals surface area contributed by atoms with Gasteiger partial charge in [0, 0.05) is 12.3 Å². The smallest absolute Gasteiger partial charge is 0.246 e. The van der Waals surface area contributed by atoms with E-state index in [1.165, 1.54) is 12.1 Å². The molecule has 1 aliphatic heterocycles. The molecule has 0 aliphatic carbocycles. The van der Waals surface area contributed by atoms with E-state index in [1.54, 1.807) is 24.3 Å². The third kappa shape index (κ3) is 3.86. The Bertz CT molecular complexity index is 981. The standard InChI is InChI=1S/C23H24FN3O2/c1-4-23(12-16-8-10-18(24)11-9-16)22(29)26-20(21(28)27-23)15(3)19-14(2)6-5-7-17(19)13-25/h5-11,15,20H,4,12H2,1-3H3,(H,26,29)(H,27,28). The van der Waals surface area contributed by atoms with Crippen molar-refractivity contribution in [1.29, 1.82) is 5.26 Å². The second-order valence-corrected chi connectivity index (χ2v) is 7.62. The van der Waals surface area contributed by atoms with Crippen LogP contribution in [0.2, 0.25) is 0 Å². The lowest BCUT2D eigenvalue weighted by molar-refractivity contribution is -0.142. The van der Waals surface area contributed by atoms with Crippen molar-refractivity contribution in [3.63, 3.8) is 0 Å². The molecule has 0 spiro atoms. The first-order chi connectivity index (χ1) is 13.8. The van der Waals surface area contributed by atoms with E-state index in [2.05, 4.69) is 16.7 Å². The summed E-state index contributed by atoms with van der Waals surface area (Å²) >= 11 is 0. The minimum atomic E-state index is -1.09. The van der Waals surface area contributed by atoms with Gasteiger partial charge in [-0.3, -0.25) is 9.59 Å². The van der Waals surface area contributed by atoms with Gasteiger partial charge in [-0.1, -0.05) is 38.1 Å². The van der Waals surface area contributed by atoms with Gasteiger partial charge in [-0.25, -0.2) is 4.39 Å². The maximum Gasteiger partial charge on any atom is 0.246 e. The van der Waals surface area contributed by atoms with E-state index in [1.807, 2.05) is 26.8 Å². The first-order valence-electron chi connectivity index (χ1n) is 9.68. The Balaban J connectivity index is 1.87. The average molecular weight is 393 g/mol. The Labute approximate surface area is 169 Å². The van der Waals surface area contributed by atoms with Crippen molar-refractivity contribution in [2.45, 2.75) is 51.1 Å². The van der Waals surface area contributed by atoms with E-state index in [0.717, 1.165) is 16.7 Å². The number of carbonyl (C=O) groups excluding carboxylic acids is 2. The lowest BCUT2D eigenvalue weighted by Crippen LogP contribution is -2.70. The van der Waals surface area contributed by atoms with Crippen molar-refractivity contribution in [2.75, 3.05) is 0 Å². The summed E-state index contributed by atoms with van der Waals surface area (Å²) in [5.74, 6) is -1.27. The molecule has 0 radical (unpaired) electrons. The molecule has 0 aromatic heterocycles. The molecular weight excluding hydrogens is 369 g/mol. The van der Waals surface area contributed by atoms with Crippen LogP contribution in [0.3, 0.4) is 0 Å². The Hall–Kier alpha value is -3.20. The predicted molar refractivity (Wildman–Crippen MR) is 108 cm³/mol. The number of nitrogens with zero attached hydrogens (tertiary/aromatic N) is 1. The van der Waals surface area contributed by atoms with Gasteiger partial charge in [0.15, 0.2) is 0 Å². The fourth-order valence-electron chi connectivity index (χ4n) is 4.07. The number of halogens is 1. The molecular formula is C23H24FN3O2. The summed E-state index contributed by atoms with van der Waals surface area (Å²) in [7, 11) is 0. The van der Waals surface area contributed by atoms with Crippen LogP contribution in [-0.4, -0.2) is 23.4 Å². The number of nitrogens with one attached hydrogen (secondary N) is 2. The summed E-state index contributed by atoms with van der Waals surface area (Å²) in [6.45, 7) is 5.56. The van der Waals surface area contributed by atoms with Crippen molar-refractivity contribution in [2.24, 2.45) is 0 Å². The molecule has 29 heavy (non-hydrogen) atoms. The molecule has 1 fully saturated rings. The largest absolute Gasteiger partial charge is 0.342 e. The summed E-state index contributed by atoms with van der Waals surface area (Å²) in [6, 6.07) is 12.7. The van der Waals surface area contributed by atoms with E-state index < -0.39 is 11.6 Å². The van der Waals surface area contributed by atoms with Gasteiger partial charge in [0.05, 0.1) is 11.6 Å². The van der Waals surface area contributed by atoms with E-state index in [4.69, 9.17) is 0 Å². The fraction of sp³-hybridized carbons (Fsp3) is 0.348. The SMILES string of the molecule is CCC1(Cc2ccc(F)cc2)NC(=O)C(C(C)c2c(C)cccc2C#N)NC1=O. The zero-order valence-electron chi connectivity index (χ0n) is 16.8.